The third kappa shape index (κ3) is 7.92. The van der Waals surface area contributed by atoms with Crippen LogP contribution in [-0.2, 0) is 54.0 Å². The number of benzene rings is 2. The van der Waals surface area contributed by atoms with E-state index in [9.17, 15) is 39.3 Å². The zero-order valence-corrected chi connectivity index (χ0v) is 37.7. The van der Waals surface area contributed by atoms with Gasteiger partial charge in [-0.3, -0.25) is 19.2 Å². The maximum Gasteiger partial charge on any atom is 0.338 e. The molecule has 16 nitrogen and oxygen atoms in total. The van der Waals surface area contributed by atoms with Gasteiger partial charge in [-0.1, -0.05) is 74.0 Å². The van der Waals surface area contributed by atoms with Gasteiger partial charge in [0.05, 0.1) is 42.3 Å². The number of amides is 1. The topological polar surface area (TPSA) is 231 Å². The molecule has 1 amide bonds. The van der Waals surface area contributed by atoms with Crippen molar-refractivity contribution in [1.29, 1.82) is 0 Å². The van der Waals surface area contributed by atoms with Crippen LogP contribution in [-0.4, -0.2) is 124 Å². The van der Waals surface area contributed by atoms with Crippen LogP contribution in [0.25, 0.3) is 0 Å². The van der Waals surface area contributed by atoms with E-state index in [1.54, 1.807) is 68.5 Å². The normalized spacial score (nSPS) is 36.0. The van der Waals surface area contributed by atoms with Gasteiger partial charge in [-0.25, -0.2) is 9.59 Å². The van der Waals surface area contributed by atoms with Crippen LogP contribution in [0.1, 0.15) is 88.1 Å². The van der Waals surface area contributed by atoms with Gasteiger partial charge >= 0.3 is 23.9 Å². The third-order valence-electron chi connectivity index (χ3n) is 14.0. The first-order chi connectivity index (χ1) is 30.6. The van der Waals surface area contributed by atoms with Crippen molar-refractivity contribution in [3.05, 3.63) is 106 Å². The minimum absolute atomic E-state index is 0.0357. The summed E-state index contributed by atoms with van der Waals surface area (Å²) in [5.74, 6) is -7.10. The minimum atomic E-state index is -2.67. The maximum atomic E-state index is 15.7. The van der Waals surface area contributed by atoms with Crippen molar-refractivity contribution < 1.29 is 72.5 Å². The first-order valence-corrected chi connectivity index (χ1v) is 21.7. The van der Waals surface area contributed by atoms with Crippen molar-refractivity contribution >= 4 is 35.6 Å². The molecule has 1 saturated heterocycles. The van der Waals surface area contributed by atoms with Crippen LogP contribution in [0.3, 0.4) is 0 Å². The number of allylic oxidation sites excluding steroid dienone is 2. The number of nitrogens with one attached hydrogen (secondary N) is 1. The van der Waals surface area contributed by atoms with Gasteiger partial charge in [0.2, 0.25) is 0 Å². The van der Waals surface area contributed by atoms with E-state index in [1.807, 2.05) is 0 Å². The van der Waals surface area contributed by atoms with E-state index >= 15 is 4.79 Å². The SMILES string of the molecule is CC(=O)O[C@H]1C(=O)[C@@]2(C)[C@H]([C@H](OC(=O)c3ccccc3)[C@]3(O)[C@H]4OC/C=C/Cc5ccccc5C(=O)N[C@@H](C=C(C)C)[C@@H](O)C(=O)O[C@@H]4C(C)=C1C3(C)C)[C@]1(OC(C)=O)CO[C@@H]1C[C@@H]2O. The molecule has 0 aromatic heterocycles. The summed E-state index contributed by atoms with van der Waals surface area (Å²) < 4.78 is 37.5. The van der Waals surface area contributed by atoms with Crippen molar-refractivity contribution in [3.8, 4) is 0 Å². The number of Topliss-reactive ketones (excluding diaryl/α,β-unsaturated/α-hetero) is 1. The highest BCUT2D eigenvalue weighted by Gasteiger charge is 2.80. The van der Waals surface area contributed by atoms with Gasteiger partial charge < -0.3 is 49.1 Å². The molecule has 65 heavy (non-hydrogen) atoms. The zero-order valence-electron chi connectivity index (χ0n) is 37.7. The van der Waals surface area contributed by atoms with Crippen LogP contribution >= 0.6 is 0 Å². The van der Waals surface area contributed by atoms with Crippen molar-refractivity contribution in [1.82, 2.24) is 5.32 Å². The quantitative estimate of drug-likeness (QED) is 0.191. The van der Waals surface area contributed by atoms with Gasteiger partial charge in [-0.2, -0.15) is 0 Å². The highest BCUT2D eigenvalue weighted by atomic mass is 16.6. The molecular formula is C49H57NO15. The number of fused-ring (bicyclic) bond motifs is 8. The Hall–Kier alpha value is -5.52. The van der Waals surface area contributed by atoms with Gasteiger partial charge in [-0.15, -0.1) is 0 Å². The molecule has 2 aliphatic heterocycles. The van der Waals surface area contributed by atoms with E-state index in [4.69, 9.17) is 28.4 Å². The first-order valence-electron chi connectivity index (χ1n) is 21.7. The van der Waals surface area contributed by atoms with Crippen LogP contribution < -0.4 is 5.32 Å². The number of ether oxygens (including phenoxy) is 6. The average molecular weight is 900 g/mol. The second kappa shape index (κ2) is 17.7. The molecule has 2 heterocycles. The summed E-state index contributed by atoms with van der Waals surface area (Å²) in [4.78, 5) is 84.9. The summed E-state index contributed by atoms with van der Waals surface area (Å²) in [5.41, 5.74) is -6.90. The van der Waals surface area contributed by atoms with Crippen LogP contribution in [0.5, 0.6) is 0 Å². The lowest BCUT2D eigenvalue weighted by Gasteiger charge is -2.68. The fourth-order valence-electron chi connectivity index (χ4n) is 10.9. The molecule has 0 radical (unpaired) electrons. The summed E-state index contributed by atoms with van der Waals surface area (Å²) in [7, 11) is 0. The number of esters is 4. The van der Waals surface area contributed by atoms with Crippen molar-refractivity contribution in [2.45, 2.75) is 128 Å². The van der Waals surface area contributed by atoms with Crippen molar-refractivity contribution in [3.63, 3.8) is 0 Å². The Balaban J connectivity index is 1.53. The van der Waals surface area contributed by atoms with Crippen LogP contribution in [0.15, 0.2) is 89.5 Å². The molecule has 348 valence electrons. The zero-order chi connectivity index (χ0) is 47.4. The Morgan fingerprint density at radius 2 is 1.55 bits per heavy atom. The highest BCUT2D eigenvalue weighted by Crippen LogP contribution is 2.65. The number of hydrogen-bond acceptors (Lipinski definition) is 15. The monoisotopic (exact) mass is 899 g/mol. The van der Waals surface area contributed by atoms with Crippen molar-refractivity contribution in [2.24, 2.45) is 16.7 Å². The molecule has 16 heteroatoms. The molecule has 0 unspecified atom stereocenters. The van der Waals surface area contributed by atoms with Gasteiger partial charge in [0, 0.05) is 31.2 Å². The standard InChI is InChI=1S/C49H57NO15/c1-25(2)22-32-36(54)45(58)63-37-26(3)35-38(62-27(4)51)40(55)47(8)33(53)23-34-48(24-61-34,65-28(5)52)39(47)42(64-44(57)30-18-10-9-11-19-30)49(59,46(35,6)7)41(37)60-21-15-14-17-29-16-12-13-20-31(29)43(56)50-32/h9-16,18-20,22,32-34,36-39,41-42,53-54,59H,17,21,23-24H2,1-8H3,(H,50,56)/b15-14+/t32-,33-,34+,36+,37+,38+,39-,41-,42-,47+,48-,49+/m0/s1. The molecule has 12 atom stereocenters. The molecule has 3 aliphatic carbocycles. The van der Waals surface area contributed by atoms with E-state index in [2.05, 4.69) is 5.32 Å². The molecule has 5 aliphatic rings. The molecule has 3 fully saturated rings. The largest absolute Gasteiger partial charge is 0.455 e. The smallest absolute Gasteiger partial charge is 0.338 e. The number of hydrogen-bond donors (Lipinski definition) is 4. The summed E-state index contributed by atoms with van der Waals surface area (Å²) in [6.07, 6.45) is -7.27. The van der Waals surface area contributed by atoms with E-state index in [-0.39, 0.29) is 48.3 Å². The fourth-order valence-corrected chi connectivity index (χ4v) is 10.9. The van der Waals surface area contributed by atoms with Gasteiger partial charge in [0.25, 0.3) is 5.91 Å². The maximum absolute atomic E-state index is 15.7. The fraction of sp³-hybridized carbons (Fsp3) is 0.510. The number of carbonyl (C=O) groups is 6. The number of aliphatic hydroxyl groups is 3. The highest BCUT2D eigenvalue weighted by molar-refractivity contribution is 5.97. The average Bonchev–Trinajstić information content (AvgIpc) is 3.24. The van der Waals surface area contributed by atoms with E-state index in [1.165, 1.54) is 45.9 Å². The molecule has 2 saturated carbocycles. The molecule has 2 aromatic rings. The van der Waals surface area contributed by atoms with E-state index < -0.39 is 112 Å². The second-order valence-electron chi connectivity index (χ2n) is 18.6. The van der Waals surface area contributed by atoms with E-state index in [0.29, 0.717) is 11.1 Å². The van der Waals surface area contributed by atoms with Gasteiger partial charge in [0.1, 0.15) is 23.9 Å². The summed E-state index contributed by atoms with van der Waals surface area (Å²) in [6.45, 7) is 11.0. The Kier molecular flexibility index (Phi) is 12.9. The predicted molar refractivity (Wildman–Crippen MR) is 230 cm³/mol. The lowest BCUT2D eigenvalue weighted by Crippen LogP contribution is -2.83. The Morgan fingerprint density at radius 1 is 0.877 bits per heavy atom. The van der Waals surface area contributed by atoms with Gasteiger partial charge in [0.15, 0.2) is 29.7 Å². The number of rotatable bonds is 5. The lowest BCUT2D eigenvalue weighted by molar-refractivity contribution is -0.353. The summed E-state index contributed by atoms with van der Waals surface area (Å²) in [5, 5.41) is 41.1. The first kappa shape index (κ1) is 47.4. The Labute approximate surface area is 376 Å². The second-order valence-corrected chi connectivity index (χ2v) is 18.6. The molecule has 7 rings (SSSR count). The minimum Gasteiger partial charge on any atom is -0.455 e. The molecule has 2 aromatic carbocycles. The lowest BCUT2D eigenvalue weighted by atomic mass is 9.44. The van der Waals surface area contributed by atoms with E-state index in [0.717, 1.165) is 13.8 Å². The predicted octanol–water partition coefficient (Wildman–Crippen LogP) is 3.44. The number of ketones is 1. The van der Waals surface area contributed by atoms with Crippen LogP contribution in [0.4, 0.5) is 0 Å². The van der Waals surface area contributed by atoms with Gasteiger partial charge in [-0.05, 0) is 69.0 Å². The summed E-state index contributed by atoms with van der Waals surface area (Å²) >= 11 is 0. The molecule has 0 spiro atoms. The number of aliphatic hydroxyl groups excluding tert-OH is 2. The Morgan fingerprint density at radius 3 is 2.18 bits per heavy atom. The van der Waals surface area contributed by atoms with Crippen LogP contribution in [0, 0.1) is 16.7 Å². The number of carbonyl (C=O) groups excluding carboxylic acids is 6. The Bertz CT molecular complexity index is 2350. The van der Waals surface area contributed by atoms with Crippen LogP contribution in [0.2, 0.25) is 0 Å². The molecule has 4 N–H and O–H groups in total. The van der Waals surface area contributed by atoms with Crippen molar-refractivity contribution in [2.75, 3.05) is 13.2 Å². The molecule has 2 bridgehead atoms. The molecular weight excluding hydrogens is 843 g/mol. The summed E-state index contributed by atoms with van der Waals surface area (Å²) in [6, 6.07) is 13.3. The third-order valence-corrected chi connectivity index (χ3v) is 14.0.